The van der Waals surface area contributed by atoms with Gasteiger partial charge in [-0.15, -0.1) is 0 Å². The van der Waals surface area contributed by atoms with E-state index in [1.165, 1.54) is 16.8 Å². The average molecular weight is 1040 g/mol. The van der Waals surface area contributed by atoms with Gasteiger partial charge in [-0.1, -0.05) is 87.5 Å². The molecule has 15 nitrogen and oxygen atoms in total. The Morgan fingerprint density at radius 1 is 1.00 bits per heavy atom. The Labute approximate surface area is 387 Å². The van der Waals surface area contributed by atoms with Gasteiger partial charge in [-0.25, -0.2) is 4.79 Å². The maximum absolute atomic E-state index is 14.8. The maximum atomic E-state index is 14.8. The van der Waals surface area contributed by atoms with Crippen LogP contribution in [0.15, 0.2) is 39.0 Å². The van der Waals surface area contributed by atoms with Crippen LogP contribution in [0.4, 0.5) is 4.79 Å². The van der Waals surface area contributed by atoms with Crippen LogP contribution in [0.2, 0.25) is 0 Å². The summed E-state index contributed by atoms with van der Waals surface area (Å²) in [6, 6.07) is 2.53. The van der Waals surface area contributed by atoms with Crippen LogP contribution >= 0.6 is 38.5 Å². The second kappa shape index (κ2) is 21.4. The van der Waals surface area contributed by atoms with Crippen molar-refractivity contribution in [3.05, 3.63) is 44.6 Å². The van der Waals surface area contributed by atoms with Gasteiger partial charge in [0.25, 0.3) is 11.8 Å². The largest absolute Gasteiger partial charge is 0.443 e. The van der Waals surface area contributed by atoms with Crippen molar-refractivity contribution in [1.29, 1.82) is 0 Å². The number of hydrogen-bond donors (Lipinski definition) is 4. The fourth-order valence-corrected chi connectivity index (χ4v) is 9.30. The van der Waals surface area contributed by atoms with Gasteiger partial charge in [-0.2, -0.15) is 0 Å². The standard InChI is InChI=1S/C45H64BrIN6O9/c1-8-44(5,9-2)62-43(60)51-36(28-14-12-11-13-15-28)42(59)53-25-33-31(23-45(6,10-3)61-33)37(53)39(56)49-32(22-27-16-17-27)38(55)40(57)48-24-34(54)50-35(41(58)52(7)26(4)47)29-18-20-30(46)21-19-29/h18-21,27-28,31-33,35-37H,4,8-17,22-25H2,1-3,5-7H3,(H,48,57)(H,49,56)(H,50,54)(H,51,60)/t31-,32?,33-,35-,36-,37-,45?/m0/s1. The van der Waals surface area contributed by atoms with E-state index in [0.717, 1.165) is 49.4 Å². The minimum Gasteiger partial charge on any atom is -0.443 e. The van der Waals surface area contributed by atoms with Gasteiger partial charge in [0.2, 0.25) is 23.5 Å². The Morgan fingerprint density at radius 3 is 2.23 bits per heavy atom. The lowest BCUT2D eigenvalue weighted by molar-refractivity contribution is -0.145. The third-order valence-electron chi connectivity index (χ3n) is 13.5. The van der Waals surface area contributed by atoms with Gasteiger partial charge in [0, 0.05) is 24.0 Å². The highest BCUT2D eigenvalue weighted by Crippen LogP contribution is 2.45. The predicted molar refractivity (Wildman–Crippen MR) is 244 cm³/mol. The number of Topliss-reactive ketones (excluding diaryl/α,β-unsaturated/α-hetero) is 1. The lowest BCUT2D eigenvalue weighted by Gasteiger charge is -2.37. The molecule has 2 aliphatic heterocycles. The van der Waals surface area contributed by atoms with Crippen LogP contribution in [-0.4, -0.2) is 107 Å². The van der Waals surface area contributed by atoms with Crippen molar-refractivity contribution in [2.24, 2.45) is 17.8 Å². The number of ether oxygens (including phenoxy) is 2. The zero-order valence-corrected chi connectivity index (χ0v) is 40.6. The molecule has 4 fully saturated rings. The molecule has 2 heterocycles. The second-order valence-corrected chi connectivity index (χ2v) is 20.1. The minimum atomic E-state index is -1.22. The van der Waals surface area contributed by atoms with Crippen LogP contribution in [0.3, 0.4) is 0 Å². The van der Waals surface area contributed by atoms with Crippen LogP contribution in [0.5, 0.6) is 0 Å². The van der Waals surface area contributed by atoms with E-state index in [2.05, 4.69) is 43.8 Å². The Morgan fingerprint density at radius 2 is 1.65 bits per heavy atom. The lowest BCUT2D eigenvalue weighted by Crippen LogP contribution is -2.59. The molecule has 17 heteroatoms. The van der Waals surface area contributed by atoms with Gasteiger partial charge >= 0.3 is 6.09 Å². The third-order valence-corrected chi connectivity index (χ3v) is 14.7. The SMILES string of the molecule is C=C(I)N(C)C(=O)[C@@H](NC(=O)CNC(=O)C(=O)C(CC1CC1)NC(=O)[C@@H]1[C@H]2CC(C)(CC)O[C@H]2CN1C(=O)[C@@H](NC(=O)OC(C)(CC)CC)C1CCCCC1)c1ccc(Br)cc1. The topological polar surface area (TPSA) is 193 Å². The maximum Gasteiger partial charge on any atom is 0.408 e. The number of rotatable bonds is 19. The predicted octanol–water partition coefficient (Wildman–Crippen LogP) is 5.98. The van der Waals surface area contributed by atoms with E-state index in [1.807, 2.05) is 57.2 Å². The first-order valence-corrected chi connectivity index (χ1v) is 24.0. The normalized spacial score (nSPS) is 23.9. The molecule has 6 amide bonds. The van der Waals surface area contributed by atoms with Crippen molar-refractivity contribution in [2.75, 3.05) is 20.1 Å². The summed E-state index contributed by atoms with van der Waals surface area (Å²) in [4.78, 5) is 99.8. The van der Waals surface area contributed by atoms with Gasteiger partial charge in [0.05, 0.1) is 28.0 Å². The van der Waals surface area contributed by atoms with Crippen LogP contribution in [0, 0.1) is 17.8 Å². The number of hydrogen-bond acceptors (Lipinski definition) is 9. The molecule has 342 valence electrons. The second-order valence-electron chi connectivity index (χ2n) is 17.9. The zero-order valence-electron chi connectivity index (χ0n) is 36.9. The van der Waals surface area contributed by atoms with Gasteiger partial charge in [0.15, 0.2) is 0 Å². The van der Waals surface area contributed by atoms with Crippen LogP contribution in [-0.2, 0) is 38.2 Å². The highest BCUT2D eigenvalue weighted by molar-refractivity contribution is 14.1. The summed E-state index contributed by atoms with van der Waals surface area (Å²) in [7, 11) is 1.53. The van der Waals surface area contributed by atoms with E-state index in [9.17, 15) is 33.6 Å². The van der Waals surface area contributed by atoms with Crippen molar-refractivity contribution < 1.29 is 43.0 Å². The van der Waals surface area contributed by atoms with Gasteiger partial charge in [-0.3, -0.25) is 28.8 Å². The summed E-state index contributed by atoms with van der Waals surface area (Å²) < 4.78 is 13.6. The molecule has 62 heavy (non-hydrogen) atoms. The summed E-state index contributed by atoms with van der Waals surface area (Å²) in [6.45, 7) is 13.1. The molecule has 2 aliphatic carbocycles. The molecule has 0 spiro atoms. The molecule has 5 rings (SSSR count). The Balaban J connectivity index is 1.33. The minimum absolute atomic E-state index is 0.109. The number of nitrogens with one attached hydrogen (secondary N) is 4. The lowest BCUT2D eigenvalue weighted by atomic mass is 9.83. The molecule has 0 aromatic heterocycles. The van der Waals surface area contributed by atoms with E-state index >= 15 is 0 Å². The number of benzene rings is 1. The highest BCUT2D eigenvalue weighted by atomic mass is 127. The fourth-order valence-electron chi connectivity index (χ4n) is 8.80. The summed E-state index contributed by atoms with van der Waals surface area (Å²) in [5.74, 6) is -4.59. The molecule has 0 radical (unpaired) electrons. The van der Waals surface area contributed by atoms with Crippen molar-refractivity contribution in [1.82, 2.24) is 31.1 Å². The van der Waals surface area contributed by atoms with E-state index in [4.69, 9.17) is 9.47 Å². The van der Waals surface area contributed by atoms with Crippen molar-refractivity contribution in [3.8, 4) is 0 Å². The van der Waals surface area contributed by atoms with E-state index < -0.39 is 95.3 Å². The van der Waals surface area contributed by atoms with E-state index in [-0.39, 0.29) is 24.8 Å². The van der Waals surface area contributed by atoms with Crippen molar-refractivity contribution in [2.45, 2.75) is 153 Å². The first-order chi connectivity index (χ1) is 29.3. The number of likely N-dealkylation sites (N-methyl/N-ethyl adjacent to an activating group) is 1. The number of ketones is 1. The number of amides is 6. The Kier molecular flexibility index (Phi) is 17.1. The Hall–Kier alpha value is -3.58. The first-order valence-electron chi connectivity index (χ1n) is 22.1. The molecule has 4 N–H and O–H groups in total. The van der Waals surface area contributed by atoms with Gasteiger partial charge in [-0.05, 0) is 111 Å². The summed E-state index contributed by atoms with van der Waals surface area (Å²) in [5.41, 5.74) is -0.739. The molecule has 2 unspecified atom stereocenters. The monoisotopic (exact) mass is 1040 g/mol. The van der Waals surface area contributed by atoms with Crippen molar-refractivity contribution >= 4 is 79.9 Å². The summed E-state index contributed by atoms with van der Waals surface area (Å²) >= 11 is 5.28. The number of halogens is 2. The number of carbonyl (C=O) groups excluding carboxylic acids is 7. The van der Waals surface area contributed by atoms with E-state index in [1.54, 1.807) is 24.3 Å². The zero-order chi connectivity index (χ0) is 45.5. The quantitative estimate of drug-likeness (QED) is 0.0734. The Bertz CT molecular complexity index is 1850. The molecular weight excluding hydrogens is 975 g/mol. The molecule has 1 aromatic rings. The van der Waals surface area contributed by atoms with Crippen LogP contribution in [0.1, 0.15) is 123 Å². The fraction of sp³-hybridized carbons (Fsp3) is 0.667. The van der Waals surface area contributed by atoms with Crippen LogP contribution < -0.4 is 21.3 Å². The molecule has 2 saturated heterocycles. The number of likely N-dealkylation sites (tertiary alicyclic amines) is 1. The van der Waals surface area contributed by atoms with Gasteiger partial charge in [0.1, 0.15) is 23.7 Å². The summed E-state index contributed by atoms with van der Waals surface area (Å²) in [5, 5.41) is 10.8. The molecule has 2 saturated carbocycles. The highest BCUT2D eigenvalue weighted by Gasteiger charge is 2.57. The average Bonchev–Trinajstić information content (AvgIpc) is 3.93. The number of carbonyl (C=O) groups is 7. The molecular formula is C45H64BrIN6O9. The molecule has 7 atom stereocenters. The van der Waals surface area contributed by atoms with Crippen LogP contribution in [0.25, 0.3) is 0 Å². The smallest absolute Gasteiger partial charge is 0.408 e. The molecule has 0 bridgehead atoms. The molecule has 1 aromatic carbocycles. The molecule has 4 aliphatic rings. The van der Waals surface area contributed by atoms with Gasteiger partial charge < -0.3 is 40.5 Å². The summed E-state index contributed by atoms with van der Waals surface area (Å²) in [6.07, 6.45) is 7.41. The number of alkyl carbamates (subject to hydrolysis) is 1. The number of nitrogens with zero attached hydrogens (tertiary/aromatic N) is 2. The third kappa shape index (κ3) is 12.4. The number of fused-ring (bicyclic) bond motifs is 1. The van der Waals surface area contributed by atoms with E-state index in [0.29, 0.717) is 35.0 Å². The van der Waals surface area contributed by atoms with Crippen molar-refractivity contribution in [3.63, 3.8) is 0 Å². The first kappa shape index (κ1) is 49.4.